The summed E-state index contributed by atoms with van der Waals surface area (Å²) < 4.78 is 1.16. The minimum absolute atomic E-state index is 0.307. The topological polar surface area (TPSA) is 20.2 Å². The molecule has 0 saturated heterocycles. The molecule has 2 heteroatoms. The maximum Gasteiger partial charge on any atom is 0.0828 e. The molecule has 0 saturated carbocycles. The fraction of sp³-hybridized carbons (Fsp3) is 0.500. The Labute approximate surface area is 99.7 Å². The van der Waals surface area contributed by atoms with Crippen molar-refractivity contribution in [2.75, 3.05) is 0 Å². The maximum absolute atomic E-state index is 10.2. The first-order valence-corrected chi connectivity index (χ1v) is 6.21. The Balaban J connectivity index is 2.88. The Kier molecular flexibility index (Phi) is 4.89. The zero-order valence-electron chi connectivity index (χ0n) is 8.70. The van der Waals surface area contributed by atoms with Crippen LogP contribution in [-0.2, 0) is 0 Å². The summed E-state index contributed by atoms with van der Waals surface area (Å²) in [6.07, 6.45) is 1.75. The first-order chi connectivity index (χ1) is 6.70. The van der Waals surface area contributed by atoms with Crippen LogP contribution < -0.4 is 0 Å². The highest BCUT2D eigenvalue weighted by Gasteiger charge is 2.18. The molecule has 1 rings (SSSR count). The average Bonchev–Trinajstić information content (AvgIpc) is 2.20. The third-order valence-electron chi connectivity index (χ3n) is 2.72. The van der Waals surface area contributed by atoms with E-state index in [9.17, 15) is 5.11 Å². The van der Waals surface area contributed by atoms with Gasteiger partial charge in [0.2, 0.25) is 0 Å². The molecule has 1 atom stereocenters. The molecule has 0 aliphatic rings. The van der Waals surface area contributed by atoms with Crippen LogP contribution in [0.4, 0.5) is 0 Å². The van der Waals surface area contributed by atoms with E-state index in [4.69, 9.17) is 0 Å². The Morgan fingerprint density at radius 1 is 1.21 bits per heavy atom. The van der Waals surface area contributed by atoms with E-state index in [1.165, 1.54) is 0 Å². The molecule has 1 aromatic rings. The lowest BCUT2D eigenvalue weighted by molar-refractivity contribution is 0.102. The fourth-order valence-electron chi connectivity index (χ4n) is 1.70. The quantitative estimate of drug-likeness (QED) is 0.840. The van der Waals surface area contributed by atoms with Crippen LogP contribution in [0.5, 0.6) is 0 Å². The van der Waals surface area contributed by atoms with E-state index in [1.807, 2.05) is 24.3 Å². The minimum Gasteiger partial charge on any atom is -0.388 e. The Bertz CT molecular complexity index is 281. The minimum atomic E-state index is -0.307. The summed E-state index contributed by atoms with van der Waals surface area (Å²) in [6.45, 7) is 4.26. The Morgan fingerprint density at radius 2 is 1.79 bits per heavy atom. The van der Waals surface area contributed by atoms with Crippen molar-refractivity contribution in [2.24, 2.45) is 5.92 Å². The normalized spacial score (nSPS) is 13.2. The Hall–Kier alpha value is -0.0900. The highest BCUT2D eigenvalue weighted by atomic mass is 127. The molecule has 0 radical (unpaired) electrons. The van der Waals surface area contributed by atoms with Crippen molar-refractivity contribution in [1.29, 1.82) is 0 Å². The van der Waals surface area contributed by atoms with Crippen LogP contribution >= 0.6 is 22.6 Å². The molecule has 1 aromatic carbocycles. The van der Waals surface area contributed by atoms with Crippen molar-refractivity contribution in [3.05, 3.63) is 33.4 Å². The molecule has 14 heavy (non-hydrogen) atoms. The van der Waals surface area contributed by atoms with Gasteiger partial charge in [0.1, 0.15) is 0 Å². The highest BCUT2D eigenvalue weighted by molar-refractivity contribution is 14.1. The van der Waals surface area contributed by atoms with Gasteiger partial charge in [-0.05, 0) is 40.1 Å². The van der Waals surface area contributed by atoms with Gasteiger partial charge in [-0.1, -0.05) is 44.9 Å². The maximum atomic E-state index is 10.2. The molecule has 0 aliphatic carbocycles. The summed E-state index contributed by atoms with van der Waals surface area (Å²) in [6, 6.07) is 8.06. The standard InChI is InChI=1S/C12H17IO/c1-3-9(4-2)12(14)10-7-5-6-8-11(10)13/h5-9,12,14H,3-4H2,1-2H3. The third-order valence-corrected chi connectivity index (χ3v) is 3.70. The van der Waals surface area contributed by atoms with Gasteiger partial charge in [0.15, 0.2) is 0 Å². The lowest BCUT2D eigenvalue weighted by Crippen LogP contribution is -2.12. The molecule has 0 fully saturated rings. The van der Waals surface area contributed by atoms with Gasteiger partial charge in [0.05, 0.1) is 6.10 Å². The SMILES string of the molecule is CCC(CC)C(O)c1ccccc1I. The highest BCUT2D eigenvalue weighted by Crippen LogP contribution is 2.29. The smallest absolute Gasteiger partial charge is 0.0828 e. The van der Waals surface area contributed by atoms with E-state index in [-0.39, 0.29) is 6.10 Å². The number of hydrogen-bond acceptors (Lipinski definition) is 1. The fourth-order valence-corrected chi connectivity index (χ4v) is 2.41. The van der Waals surface area contributed by atoms with Crippen LogP contribution in [-0.4, -0.2) is 5.11 Å². The van der Waals surface area contributed by atoms with E-state index >= 15 is 0 Å². The molecule has 0 aliphatic heterocycles. The van der Waals surface area contributed by atoms with Crippen LogP contribution in [0.15, 0.2) is 24.3 Å². The van der Waals surface area contributed by atoms with Gasteiger partial charge >= 0.3 is 0 Å². The van der Waals surface area contributed by atoms with Crippen LogP contribution in [0, 0.1) is 9.49 Å². The van der Waals surface area contributed by atoms with Crippen LogP contribution in [0.25, 0.3) is 0 Å². The molecule has 1 nitrogen and oxygen atoms in total. The number of halogens is 1. The van der Waals surface area contributed by atoms with Crippen LogP contribution in [0.1, 0.15) is 38.4 Å². The summed E-state index contributed by atoms with van der Waals surface area (Å²) in [5.74, 6) is 0.380. The number of aliphatic hydroxyl groups is 1. The summed E-state index contributed by atoms with van der Waals surface area (Å²) in [4.78, 5) is 0. The number of hydrogen-bond donors (Lipinski definition) is 1. The molecule has 0 aromatic heterocycles. The van der Waals surface area contributed by atoms with Gasteiger partial charge < -0.3 is 5.11 Å². The lowest BCUT2D eigenvalue weighted by atomic mass is 9.91. The van der Waals surface area contributed by atoms with E-state index in [1.54, 1.807) is 0 Å². The molecule has 78 valence electrons. The van der Waals surface area contributed by atoms with Crippen molar-refractivity contribution in [1.82, 2.24) is 0 Å². The average molecular weight is 304 g/mol. The second kappa shape index (κ2) is 5.71. The molecule has 0 spiro atoms. The summed E-state index contributed by atoms with van der Waals surface area (Å²) >= 11 is 2.28. The second-order valence-electron chi connectivity index (χ2n) is 3.54. The molecule has 0 amide bonds. The first kappa shape index (κ1) is 12.0. The largest absolute Gasteiger partial charge is 0.388 e. The third kappa shape index (κ3) is 2.70. The number of aliphatic hydroxyl groups excluding tert-OH is 1. The summed E-state index contributed by atoms with van der Waals surface area (Å²) in [5, 5.41) is 10.2. The number of rotatable bonds is 4. The Morgan fingerprint density at radius 3 is 2.29 bits per heavy atom. The van der Waals surface area contributed by atoms with Gasteiger partial charge in [-0.2, -0.15) is 0 Å². The van der Waals surface area contributed by atoms with Crippen molar-refractivity contribution < 1.29 is 5.11 Å². The molecule has 1 N–H and O–H groups in total. The van der Waals surface area contributed by atoms with E-state index in [0.29, 0.717) is 5.92 Å². The predicted molar refractivity (Wildman–Crippen MR) is 68.2 cm³/mol. The zero-order valence-corrected chi connectivity index (χ0v) is 10.9. The second-order valence-corrected chi connectivity index (χ2v) is 4.71. The summed E-state index contributed by atoms with van der Waals surface area (Å²) in [7, 11) is 0. The number of benzene rings is 1. The molecule has 0 bridgehead atoms. The predicted octanol–water partition coefficient (Wildman–Crippen LogP) is 3.76. The van der Waals surface area contributed by atoms with Crippen molar-refractivity contribution >= 4 is 22.6 Å². The molecular weight excluding hydrogens is 287 g/mol. The van der Waals surface area contributed by atoms with Crippen molar-refractivity contribution in [3.63, 3.8) is 0 Å². The van der Waals surface area contributed by atoms with Gasteiger partial charge in [-0.15, -0.1) is 0 Å². The van der Waals surface area contributed by atoms with E-state index in [2.05, 4.69) is 36.4 Å². The van der Waals surface area contributed by atoms with E-state index < -0.39 is 0 Å². The summed E-state index contributed by atoms with van der Waals surface area (Å²) in [5.41, 5.74) is 1.07. The monoisotopic (exact) mass is 304 g/mol. The zero-order chi connectivity index (χ0) is 10.6. The van der Waals surface area contributed by atoms with Gasteiger partial charge in [-0.3, -0.25) is 0 Å². The van der Waals surface area contributed by atoms with Gasteiger partial charge in [0, 0.05) is 3.57 Å². The molecular formula is C12H17IO. The van der Waals surface area contributed by atoms with Crippen molar-refractivity contribution in [2.45, 2.75) is 32.8 Å². The van der Waals surface area contributed by atoms with Gasteiger partial charge in [0.25, 0.3) is 0 Å². The van der Waals surface area contributed by atoms with Crippen molar-refractivity contribution in [3.8, 4) is 0 Å². The van der Waals surface area contributed by atoms with Crippen LogP contribution in [0.2, 0.25) is 0 Å². The lowest BCUT2D eigenvalue weighted by Gasteiger charge is -2.21. The molecule has 1 unspecified atom stereocenters. The van der Waals surface area contributed by atoms with E-state index in [0.717, 1.165) is 22.0 Å². The van der Waals surface area contributed by atoms with Crippen LogP contribution in [0.3, 0.4) is 0 Å². The van der Waals surface area contributed by atoms with Gasteiger partial charge in [-0.25, -0.2) is 0 Å². The first-order valence-electron chi connectivity index (χ1n) is 5.13. The molecule has 0 heterocycles.